The summed E-state index contributed by atoms with van der Waals surface area (Å²) in [6.07, 6.45) is 0. The van der Waals surface area contributed by atoms with E-state index in [4.69, 9.17) is 54.2 Å². The van der Waals surface area contributed by atoms with Gasteiger partial charge < -0.3 is 4.42 Å². The zero-order chi connectivity index (χ0) is 65.6. The van der Waals surface area contributed by atoms with Gasteiger partial charge in [-0.1, -0.05) is 249 Å². The Labute approximate surface area is 583 Å². The Balaban J connectivity index is 0.000000111. The maximum Gasteiger partial charge on any atom is 0.226 e. The molecule has 0 unspecified atom stereocenters. The predicted octanol–water partition coefficient (Wildman–Crippen LogP) is 23.9. The van der Waals surface area contributed by atoms with Crippen LogP contribution in [0.3, 0.4) is 0 Å². The maximum absolute atomic E-state index is 6.37. The van der Waals surface area contributed by atoms with Crippen LogP contribution in [0.15, 0.2) is 296 Å². The molecule has 13 aromatic carbocycles. The summed E-state index contributed by atoms with van der Waals surface area (Å²) in [6.45, 7) is 0. The lowest BCUT2D eigenvalue weighted by Crippen LogP contribution is -1.97. The van der Waals surface area contributed by atoms with Crippen molar-refractivity contribution in [2.45, 2.75) is 0 Å². The van der Waals surface area contributed by atoms with Crippen molar-refractivity contribution in [1.29, 1.82) is 0 Å². The summed E-state index contributed by atoms with van der Waals surface area (Å²) in [5.74, 6) is 3.29. The molecule has 0 aliphatic carbocycles. The highest BCUT2D eigenvalue weighted by Gasteiger charge is 2.19. The van der Waals surface area contributed by atoms with Crippen LogP contribution in [-0.2, 0) is 0 Å². The second-order valence-corrected chi connectivity index (χ2v) is 26.4. The monoisotopic (exact) mass is 1360 g/mol. The van der Waals surface area contributed by atoms with Gasteiger partial charge >= 0.3 is 0 Å². The molecule has 464 valence electrons. The van der Waals surface area contributed by atoms with Crippen LogP contribution >= 0.6 is 57.5 Å². The number of nitrogens with zero attached hydrogens (tertiary/aromatic N) is 9. The van der Waals surface area contributed by atoms with Crippen molar-refractivity contribution in [1.82, 2.24) is 44.9 Å². The van der Waals surface area contributed by atoms with Crippen molar-refractivity contribution in [3.63, 3.8) is 0 Å². The minimum absolute atomic E-state index is 0.144. The second-order valence-electron chi connectivity index (χ2n) is 23.3. The zero-order valence-electron chi connectivity index (χ0n) is 51.6. The third kappa shape index (κ3) is 11.9. The van der Waals surface area contributed by atoms with Crippen molar-refractivity contribution < 1.29 is 4.42 Å². The molecule has 0 N–H and O–H groups in total. The Morgan fingerprint density at radius 3 is 1.12 bits per heavy atom. The second kappa shape index (κ2) is 25.9. The number of benzene rings is 13. The third-order valence-corrected chi connectivity index (χ3v) is 20.0. The van der Waals surface area contributed by atoms with Crippen molar-refractivity contribution >= 4 is 141 Å². The number of rotatable bonds is 8. The predicted molar refractivity (Wildman–Crippen MR) is 406 cm³/mol. The lowest BCUT2D eigenvalue weighted by atomic mass is 10.00. The van der Waals surface area contributed by atoms with E-state index < -0.39 is 0 Å². The molecule has 0 bridgehead atoms. The fourth-order valence-corrected chi connectivity index (χ4v) is 15.3. The van der Waals surface area contributed by atoms with E-state index >= 15 is 0 Å². The number of hydrogen-bond donors (Lipinski definition) is 0. The van der Waals surface area contributed by atoms with E-state index in [1.54, 1.807) is 22.7 Å². The molecule has 6 heterocycles. The molecule has 0 spiro atoms. The quantitative estimate of drug-likeness (QED) is 0.136. The van der Waals surface area contributed by atoms with Crippen molar-refractivity contribution in [2.75, 3.05) is 0 Å². The standard InChI is InChI=1S/C29H16ClN3S.C27H16ClN3O.C27H16ClN3S/c30-29-32-27(19-11-13-22-18(15-19)10-9-17-5-1-2-6-21(17)22)31-28(33-29)20-12-14-24-23-7-3-4-8-25(23)34-26(24)16-20;28-27-30-25(19-15-13-18(14-16-19)17-7-2-1-3-8-17)29-26(31-27)22-11-6-10-21-20-9-4-5-12-23(20)32-24(21)22;28-27-30-25(19-12-10-18(11-13-19)17-6-2-1-3-7-17)29-26(31-27)20-14-15-22-21-8-4-5-9-23(21)32-24(22)16-20/h1-16H;2*1-16H. The van der Waals surface area contributed by atoms with Crippen LogP contribution in [0, 0.1) is 0 Å². The molecule has 6 aromatic heterocycles. The molecule has 0 aliphatic rings. The fraction of sp³-hybridized carbons (Fsp3) is 0. The highest BCUT2D eigenvalue weighted by atomic mass is 35.5. The summed E-state index contributed by atoms with van der Waals surface area (Å²) >= 11 is 22.5. The molecule has 0 fully saturated rings. The van der Waals surface area contributed by atoms with Crippen molar-refractivity contribution in [3.8, 4) is 90.6 Å². The molecule has 15 heteroatoms. The maximum atomic E-state index is 6.37. The average molecular weight is 1360 g/mol. The molecule has 0 amide bonds. The van der Waals surface area contributed by atoms with Gasteiger partial charge in [0.2, 0.25) is 15.9 Å². The minimum Gasteiger partial charge on any atom is -0.455 e. The first kappa shape index (κ1) is 60.2. The summed E-state index contributed by atoms with van der Waals surface area (Å²) < 4.78 is 11.1. The van der Waals surface area contributed by atoms with Gasteiger partial charge in [-0.2, -0.15) is 29.9 Å². The van der Waals surface area contributed by atoms with Crippen LogP contribution in [0.5, 0.6) is 0 Å². The van der Waals surface area contributed by atoms with Gasteiger partial charge in [0.1, 0.15) is 11.2 Å². The zero-order valence-corrected chi connectivity index (χ0v) is 55.5. The lowest BCUT2D eigenvalue weighted by molar-refractivity contribution is 0.669. The topological polar surface area (TPSA) is 129 Å². The number of fused-ring (bicyclic) bond motifs is 12. The van der Waals surface area contributed by atoms with E-state index in [1.807, 2.05) is 103 Å². The van der Waals surface area contributed by atoms with E-state index in [-0.39, 0.29) is 15.9 Å². The molecular weight excluding hydrogens is 1310 g/mol. The Kier molecular flexibility index (Phi) is 15.9. The Hall–Kier alpha value is -11.5. The highest BCUT2D eigenvalue weighted by molar-refractivity contribution is 7.26. The lowest BCUT2D eigenvalue weighted by Gasteiger charge is -2.08. The van der Waals surface area contributed by atoms with Crippen LogP contribution in [0.2, 0.25) is 15.9 Å². The normalized spacial score (nSPS) is 11.4. The van der Waals surface area contributed by atoms with Gasteiger partial charge in [0, 0.05) is 78.9 Å². The van der Waals surface area contributed by atoms with Crippen LogP contribution in [0.25, 0.3) is 174 Å². The SMILES string of the molecule is Clc1nc(-c2ccc(-c3ccccc3)cc2)nc(-c2ccc3c(c2)sc2ccccc23)n1.Clc1nc(-c2ccc(-c3ccccc3)cc2)nc(-c2cccc3c2oc2ccccc23)n1.Clc1nc(-c2ccc3c(ccc4ccccc43)c2)nc(-c2ccc3c(c2)sc2ccccc23)n1. The molecular formula is C83H48Cl3N9OS2. The van der Waals surface area contributed by atoms with Gasteiger partial charge in [0.15, 0.2) is 34.9 Å². The fourth-order valence-electron chi connectivity index (χ4n) is 12.5. The van der Waals surface area contributed by atoms with E-state index in [0.717, 1.165) is 77.4 Å². The molecule has 19 rings (SSSR count). The minimum atomic E-state index is 0.144. The molecule has 0 radical (unpaired) electrons. The van der Waals surface area contributed by atoms with Crippen LogP contribution in [0.4, 0.5) is 0 Å². The van der Waals surface area contributed by atoms with E-state index in [9.17, 15) is 0 Å². The Morgan fingerprint density at radius 1 is 0.224 bits per heavy atom. The van der Waals surface area contributed by atoms with E-state index in [0.29, 0.717) is 34.9 Å². The van der Waals surface area contributed by atoms with Crippen molar-refractivity contribution in [3.05, 3.63) is 307 Å². The number of halogens is 3. The van der Waals surface area contributed by atoms with Gasteiger partial charge in [-0.25, -0.2) is 15.0 Å². The Morgan fingerprint density at radius 2 is 0.582 bits per heavy atom. The number of aromatic nitrogens is 9. The molecule has 0 aliphatic heterocycles. The summed E-state index contributed by atoms with van der Waals surface area (Å²) in [7, 11) is 0. The largest absolute Gasteiger partial charge is 0.455 e. The molecule has 10 nitrogen and oxygen atoms in total. The van der Waals surface area contributed by atoms with Gasteiger partial charge in [-0.3, -0.25) is 0 Å². The summed E-state index contributed by atoms with van der Waals surface area (Å²) in [5, 5.41) is 12.4. The smallest absolute Gasteiger partial charge is 0.226 e. The first-order chi connectivity index (χ1) is 48.2. The third-order valence-electron chi connectivity index (χ3n) is 17.2. The molecule has 0 atom stereocenters. The summed E-state index contributed by atoms with van der Waals surface area (Å²) in [5.41, 5.74) is 11.5. The Bertz CT molecular complexity index is 6250. The molecule has 0 saturated carbocycles. The van der Waals surface area contributed by atoms with Gasteiger partial charge in [-0.15, -0.1) is 22.7 Å². The van der Waals surface area contributed by atoms with Gasteiger partial charge in [-0.05, 0) is 121 Å². The average Bonchev–Trinajstić information content (AvgIpc) is 1.66. The van der Waals surface area contributed by atoms with Gasteiger partial charge in [0.05, 0.1) is 5.56 Å². The number of para-hydroxylation sites is 2. The molecule has 0 saturated heterocycles. The van der Waals surface area contributed by atoms with E-state index in [2.05, 4.69) is 218 Å². The van der Waals surface area contributed by atoms with Crippen LogP contribution in [0.1, 0.15) is 0 Å². The van der Waals surface area contributed by atoms with E-state index in [1.165, 1.54) is 62.1 Å². The van der Waals surface area contributed by atoms with Gasteiger partial charge in [0.25, 0.3) is 0 Å². The summed E-state index contributed by atoms with van der Waals surface area (Å²) in [4.78, 5) is 40.7. The summed E-state index contributed by atoms with van der Waals surface area (Å²) in [6, 6.07) is 99.3. The number of hydrogen-bond acceptors (Lipinski definition) is 12. The molecule has 19 aromatic rings. The highest BCUT2D eigenvalue weighted by Crippen LogP contribution is 2.40. The number of furan rings is 1. The molecule has 98 heavy (non-hydrogen) atoms. The van der Waals surface area contributed by atoms with Crippen LogP contribution < -0.4 is 0 Å². The first-order valence-electron chi connectivity index (χ1n) is 31.5. The first-order valence-corrected chi connectivity index (χ1v) is 34.2. The van der Waals surface area contributed by atoms with Crippen molar-refractivity contribution in [2.24, 2.45) is 0 Å². The van der Waals surface area contributed by atoms with Crippen LogP contribution in [-0.4, -0.2) is 44.9 Å². The number of thiophene rings is 2.